The highest BCUT2D eigenvalue weighted by Gasteiger charge is 2.47. The highest BCUT2D eigenvalue weighted by molar-refractivity contribution is 6.06. The van der Waals surface area contributed by atoms with Gasteiger partial charge in [-0.1, -0.05) is 10.3 Å². The molecule has 0 aromatic heterocycles. The van der Waals surface area contributed by atoms with Crippen LogP contribution in [0.3, 0.4) is 0 Å². The molecule has 2 atom stereocenters. The summed E-state index contributed by atoms with van der Waals surface area (Å²) in [7, 11) is 3.27. The third-order valence-electron chi connectivity index (χ3n) is 10.9. The molecule has 7 rings (SSSR count). The third kappa shape index (κ3) is 7.32. The molecule has 5 aliphatic rings. The minimum Gasteiger partial charge on any atom is -0.493 e. The maximum absolute atomic E-state index is 13.9. The topological polar surface area (TPSA) is 121 Å². The molecule has 2 saturated carbocycles. The van der Waals surface area contributed by atoms with Crippen LogP contribution in [-0.2, 0) is 19.3 Å². The van der Waals surface area contributed by atoms with Gasteiger partial charge in [-0.25, -0.2) is 0 Å². The minimum absolute atomic E-state index is 0.143. The molecule has 0 radical (unpaired) electrons. The smallest absolute Gasteiger partial charge is 0.269 e. The lowest BCUT2D eigenvalue weighted by Crippen LogP contribution is -2.50. The zero-order valence-electron chi connectivity index (χ0n) is 30.3. The van der Waals surface area contributed by atoms with Crippen molar-refractivity contribution in [2.75, 3.05) is 40.4 Å². The van der Waals surface area contributed by atoms with Crippen molar-refractivity contribution in [3.63, 3.8) is 0 Å². The summed E-state index contributed by atoms with van der Waals surface area (Å²) in [6.45, 7) is 5.35. The van der Waals surface area contributed by atoms with Crippen LogP contribution in [0.4, 0.5) is 0 Å². The normalized spacial score (nSPS) is 25.5. The molecule has 12 heteroatoms. The van der Waals surface area contributed by atoms with E-state index >= 15 is 0 Å². The second-order valence-electron chi connectivity index (χ2n) is 14.8. The Kier molecular flexibility index (Phi) is 10.0. The number of methoxy groups -OCH3 is 2. The van der Waals surface area contributed by atoms with Gasteiger partial charge in [0.05, 0.1) is 37.9 Å². The molecule has 3 aliphatic heterocycles. The molecule has 2 aromatic rings. The average Bonchev–Trinajstić information content (AvgIpc) is 3.96. The molecule has 3 heterocycles. The van der Waals surface area contributed by atoms with E-state index in [1.54, 1.807) is 37.9 Å². The van der Waals surface area contributed by atoms with Crippen LogP contribution in [0.5, 0.6) is 23.0 Å². The minimum atomic E-state index is -1.15. The van der Waals surface area contributed by atoms with Gasteiger partial charge >= 0.3 is 0 Å². The second-order valence-corrected chi connectivity index (χ2v) is 14.8. The zero-order valence-corrected chi connectivity index (χ0v) is 30.3. The molecule has 0 N–H and O–H groups in total. The number of benzene rings is 2. The monoisotopic (exact) mass is 702 g/mol. The molecule has 2 amide bonds. The number of oxime groups is 2. The predicted octanol–water partition coefficient (Wildman–Crippen LogP) is 5.87. The molecular formula is C39H50N4O8. The van der Waals surface area contributed by atoms with Crippen LogP contribution < -0.4 is 18.9 Å². The Morgan fingerprint density at radius 2 is 1.04 bits per heavy atom. The number of hydrogen-bond donors (Lipinski definition) is 0. The van der Waals surface area contributed by atoms with E-state index in [4.69, 9.17) is 28.6 Å². The van der Waals surface area contributed by atoms with E-state index in [9.17, 15) is 9.59 Å². The SMILES string of the molecule is COc1ccc(C2=NOC(C)(C(=O)N3CCCN(C(=O)C4(C)CC(c5ccc(OC)c(OC6CCCC6)c5)=NO4)CC3)C2)cc1OC1CCCC1. The van der Waals surface area contributed by atoms with E-state index in [0.29, 0.717) is 79.9 Å². The summed E-state index contributed by atoms with van der Waals surface area (Å²) in [6, 6.07) is 11.5. The predicted molar refractivity (Wildman–Crippen MR) is 191 cm³/mol. The van der Waals surface area contributed by atoms with Crippen molar-refractivity contribution in [2.45, 2.75) is 108 Å². The quantitative estimate of drug-likeness (QED) is 0.302. The van der Waals surface area contributed by atoms with Crippen molar-refractivity contribution >= 4 is 23.2 Å². The van der Waals surface area contributed by atoms with Gasteiger partial charge in [0, 0.05) is 50.1 Å². The van der Waals surface area contributed by atoms with Crippen molar-refractivity contribution in [2.24, 2.45) is 10.3 Å². The van der Waals surface area contributed by atoms with Gasteiger partial charge in [0.1, 0.15) is 0 Å². The van der Waals surface area contributed by atoms with Gasteiger partial charge in [0.2, 0.25) is 11.2 Å². The average molecular weight is 703 g/mol. The molecule has 0 spiro atoms. The summed E-state index contributed by atoms with van der Waals surface area (Å²) in [4.78, 5) is 43.2. The van der Waals surface area contributed by atoms with Crippen molar-refractivity contribution < 1.29 is 38.2 Å². The molecule has 1 saturated heterocycles. The standard InChI is InChI=1S/C39H50N4O8/c1-38(24-30(40-50-38)26-14-16-32(46-3)34(22-26)48-28-10-5-6-11-28)36(44)42-18-9-19-43(21-20-42)37(45)39(2)25-31(41-51-39)27-15-17-33(47-4)35(23-27)49-29-12-7-8-13-29/h14-17,22-23,28-29H,5-13,18-21,24-25H2,1-4H3. The van der Waals surface area contributed by atoms with Crippen LogP contribution in [0, 0.1) is 0 Å². The number of rotatable bonds is 10. The lowest BCUT2D eigenvalue weighted by Gasteiger charge is -2.30. The van der Waals surface area contributed by atoms with Crippen molar-refractivity contribution in [3.05, 3.63) is 47.5 Å². The maximum atomic E-state index is 13.9. The summed E-state index contributed by atoms with van der Waals surface area (Å²) < 4.78 is 23.7. The first kappa shape index (κ1) is 34.9. The molecule has 274 valence electrons. The number of ether oxygens (including phenoxy) is 4. The van der Waals surface area contributed by atoms with E-state index in [2.05, 4.69) is 10.3 Å². The first-order valence-corrected chi connectivity index (χ1v) is 18.5. The molecular weight excluding hydrogens is 652 g/mol. The largest absolute Gasteiger partial charge is 0.493 e. The maximum Gasteiger partial charge on any atom is 0.269 e. The number of carbonyl (C=O) groups excluding carboxylic acids is 2. The van der Waals surface area contributed by atoms with Crippen molar-refractivity contribution in [1.29, 1.82) is 0 Å². The van der Waals surface area contributed by atoms with E-state index in [-0.39, 0.29) is 24.0 Å². The van der Waals surface area contributed by atoms with Crippen LogP contribution in [0.2, 0.25) is 0 Å². The van der Waals surface area contributed by atoms with Gasteiger partial charge in [-0.05, 0) is 108 Å². The number of amides is 2. The van der Waals surface area contributed by atoms with Gasteiger partial charge in [0.15, 0.2) is 23.0 Å². The van der Waals surface area contributed by atoms with E-state index in [0.717, 1.165) is 36.8 Å². The van der Waals surface area contributed by atoms with Gasteiger partial charge in [0.25, 0.3) is 11.8 Å². The molecule has 2 aromatic carbocycles. The highest BCUT2D eigenvalue weighted by atomic mass is 16.7. The van der Waals surface area contributed by atoms with Gasteiger partial charge < -0.3 is 38.4 Å². The second kappa shape index (κ2) is 14.6. The third-order valence-corrected chi connectivity index (χ3v) is 10.9. The Hall–Kier alpha value is -4.48. The van der Waals surface area contributed by atoms with Crippen LogP contribution >= 0.6 is 0 Å². The lowest BCUT2D eigenvalue weighted by atomic mass is 9.94. The van der Waals surface area contributed by atoms with E-state index in [1.807, 2.05) is 36.4 Å². The van der Waals surface area contributed by atoms with Crippen molar-refractivity contribution in [3.8, 4) is 23.0 Å². The summed E-state index contributed by atoms with van der Waals surface area (Å²) in [5.74, 6) is 2.42. The molecule has 2 unspecified atom stereocenters. The molecule has 0 bridgehead atoms. The summed E-state index contributed by atoms with van der Waals surface area (Å²) >= 11 is 0. The summed E-state index contributed by atoms with van der Waals surface area (Å²) in [5.41, 5.74) is 0.754. The van der Waals surface area contributed by atoms with Crippen molar-refractivity contribution in [1.82, 2.24) is 9.80 Å². The Morgan fingerprint density at radius 1 is 0.627 bits per heavy atom. The fourth-order valence-electron chi connectivity index (χ4n) is 7.88. The molecule has 12 nitrogen and oxygen atoms in total. The Balaban J connectivity index is 0.954. The number of hydrogen-bond acceptors (Lipinski definition) is 10. The Morgan fingerprint density at radius 3 is 1.43 bits per heavy atom. The lowest BCUT2D eigenvalue weighted by molar-refractivity contribution is -0.155. The van der Waals surface area contributed by atoms with Crippen LogP contribution in [0.25, 0.3) is 0 Å². The highest BCUT2D eigenvalue weighted by Crippen LogP contribution is 2.37. The first-order valence-electron chi connectivity index (χ1n) is 18.5. The van der Waals surface area contributed by atoms with E-state index < -0.39 is 11.2 Å². The van der Waals surface area contributed by atoms with E-state index in [1.165, 1.54) is 25.7 Å². The van der Waals surface area contributed by atoms with Crippen LogP contribution in [0.15, 0.2) is 46.7 Å². The number of carbonyl (C=O) groups is 2. The van der Waals surface area contributed by atoms with Gasteiger partial charge in [-0.2, -0.15) is 0 Å². The molecule has 2 aliphatic carbocycles. The number of nitrogens with zero attached hydrogens (tertiary/aromatic N) is 4. The summed E-state index contributed by atoms with van der Waals surface area (Å²) in [6.07, 6.45) is 10.4. The van der Waals surface area contributed by atoms with Crippen LogP contribution in [0.1, 0.15) is 95.6 Å². The summed E-state index contributed by atoms with van der Waals surface area (Å²) in [5, 5.41) is 8.74. The van der Waals surface area contributed by atoms with Gasteiger partial charge in [-0.15, -0.1) is 0 Å². The fourth-order valence-corrected chi connectivity index (χ4v) is 7.88. The van der Waals surface area contributed by atoms with Gasteiger partial charge in [-0.3, -0.25) is 9.59 Å². The zero-order chi connectivity index (χ0) is 35.6. The Bertz CT molecular complexity index is 1560. The molecule has 51 heavy (non-hydrogen) atoms. The fraction of sp³-hybridized carbons (Fsp3) is 0.590. The Labute approximate surface area is 300 Å². The molecule has 3 fully saturated rings. The first-order chi connectivity index (χ1) is 24.7. The van der Waals surface area contributed by atoms with Crippen LogP contribution in [-0.4, -0.2) is 96.8 Å².